The van der Waals surface area contributed by atoms with Gasteiger partial charge >= 0.3 is 6.09 Å². The van der Waals surface area contributed by atoms with Crippen LogP contribution in [0.15, 0.2) is 22.8 Å². The van der Waals surface area contributed by atoms with Gasteiger partial charge in [0.05, 0.1) is 6.54 Å². The van der Waals surface area contributed by atoms with Crippen LogP contribution in [0.25, 0.3) is 0 Å². The molecule has 1 fully saturated rings. The number of likely N-dealkylation sites (tertiary alicyclic amines) is 1. The lowest BCUT2D eigenvalue weighted by Gasteiger charge is -2.19. The van der Waals surface area contributed by atoms with Gasteiger partial charge in [-0.25, -0.2) is 9.78 Å². The van der Waals surface area contributed by atoms with Crippen molar-refractivity contribution in [2.75, 3.05) is 11.9 Å². The number of Topliss-reactive ketones (excluding diaryl/α,β-unsaturated/α-hetero) is 1. The van der Waals surface area contributed by atoms with Crippen molar-refractivity contribution in [3.63, 3.8) is 0 Å². The minimum atomic E-state index is -1.28. The van der Waals surface area contributed by atoms with Crippen LogP contribution in [0.1, 0.15) is 6.42 Å². The van der Waals surface area contributed by atoms with E-state index in [1.165, 1.54) is 0 Å². The summed E-state index contributed by atoms with van der Waals surface area (Å²) < 4.78 is 0.544. The monoisotopic (exact) mass is 327 g/mol. The van der Waals surface area contributed by atoms with Crippen molar-refractivity contribution in [1.82, 2.24) is 9.88 Å². The second kappa shape index (κ2) is 5.35. The number of aromatic nitrogens is 1. The molecule has 19 heavy (non-hydrogen) atoms. The smallest absolute Gasteiger partial charge is 0.408 e. The predicted molar refractivity (Wildman–Crippen MR) is 68.7 cm³/mol. The fourth-order valence-electron chi connectivity index (χ4n) is 1.81. The summed E-state index contributed by atoms with van der Waals surface area (Å²) in [7, 11) is 0. The standard InChI is InChI=1S/C11H10BrN3O4/c12-8-2-1-3-9(13-8)14-10(17)7-4-6(16)5-15(7)11(18)19/h1-3,7H,4-5H2,(H,18,19)(H,13,14,17). The molecule has 1 aliphatic heterocycles. The maximum Gasteiger partial charge on any atom is 0.408 e. The van der Waals surface area contributed by atoms with Crippen molar-refractivity contribution in [2.45, 2.75) is 12.5 Å². The Hall–Kier alpha value is -1.96. The summed E-state index contributed by atoms with van der Waals surface area (Å²) in [6, 6.07) is 3.95. The molecule has 0 aromatic carbocycles. The molecule has 0 aliphatic carbocycles. The SMILES string of the molecule is O=C1CC(C(=O)Nc2cccc(Br)n2)N(C(=O)O)C1. The fourth-order valence-corrected chi connectivity index (χ4v) is 2.16. The lowest BCUT2D eigenvalue weighted by atomic mass is 10.2. The summed E-state index contributed by atoms with van der Waals surface area (Å²) in [4.78, 5) is 39.0. The number of rotatable bonds is 2. The molecular formula is C11H10BrN3O4. The van der Waals surface area contributed by atoms with E-state index >= 15 is 0 Å². The molecule has 7 nitrogen and oxygen atoms in total. The number of carbonyl (C=O) groups is 3. The van der Waals surface area contributed by atoms with Crippen LogP contribution in [0.5, 0.6) is 0 Å². The Bertz CT molecular complexity index is 548. The molecule has 1 unspecified atom stereocenters. The van der Waals surface area contributed by atoms with Gasteiger partial charge in [0.25, 0.3) is 0 Å². The molecular weight excluding hydrogens is 318 g/mol. The topological polar surface area (TPSA) is 99.6 Å². The van der Waals surface area contributed by atoms with Gasteiger partial charge in [0, 0.05) is 6.42 Å². The maximum atomic E-state index is 12.0. The zero-order valence-corrected chi connectivity index (χ0v) is 11.3. The highest BCUT2D eigenvalue weighted by Crippen LogP contribution is 2.17. The van der Waals surface area contributed by atoms with Crippen molar-refractivity contribution in [1.29, 1.82) is 0 Å². The highest BCUT2D eigenvalue weighted by molar-refractivity contribution is 9.10. The number of carboxylic acid groups (broad SMARTS) is 1. The molecule has 0 bridgehead atoms. The number of carbonyl (C=O) groups excluding carboxylic acids is 2. The summed E-state index contributed by atoms with van der Waals surface area (Å²) in [5, 5.41) is 11.4. The number of hydrogen-bond acceptors (Lipinski definition) is 4. The van der Waals surface area contributed by atoms with Gasteiger partial charge in [0.15, 0.2) is 5.78 Å². The molecule has 2 N–H and O–H groups in total. The van der Waals surface area contributed by atoms with Crippen LogP contribution in [-0.4, -0.2) is 45.4 Å². The number of amides is 2. The van der Waals surface area contributed by atoms with Crippen molar-refractivity contribution in [2.24, 2.45) is 0 Å². The van der Waals surface area contributed by atoms with Gasteiger partial charge in [-0.15, -0.1) is 0 Å². The van der Waals surface area contributed by atoms with Crippen LogP contribution in [0.4, 0.5) is 10.6 Å². The second-order valence-electron chi connectivity index (χ2n) is 4.00. The molecule has 2 heterocycles. The van der Waals surface area contributed by atoms with Gasteiger partial charge in [-0.1, -0.05) is 6.07 Å². The van der Waals surface area contributed by atoms with Crippen LogP contribution in [0, 0.1) is 0 Å². The van der Waals surface area contributed by atoms with Gasteiger partial charge in [-0.2, -0.15) is 0 Å². The molecule has 1 aromatic heterocycles. The Morgan fingerprint density at radius 1 is 1.47 bits per heavy atom. The summed E-state index contributed by atoms with van der Waals surface area (Å²) in [6.07, 6.45) is -1.39. The van der Waals surface area contributed by atoms with Crippen LogP contribution in [0.3, 0.4) is 0 Å². The number of ketones is 1. The highest BCUT2D eigenvalue weighted by Gasteiger charge is 2.38. The van der Waals surface area contributed by atoms with E-state index in [9.17, 15) is 14.4 Å². The van der Waals surface area contributed by atoms with Gasteiger partial charge in [-0.3, -0.25) is 14.5 Å². The Balaban J connectivity index is 2.11. The molecule has 2 amide bonds. The first-order valence-electron chi connectivity index (χ1n) is 5.42. The predicted octanol–water partition coefficient (Wildman–Crippen LogP) is 1.10. The third-order valence-electron chi connectivity index (χ3n) is 2.66. The molecule has 8 heteroatoms. The van der Waals surface area contributed by atoms with Gasteiger partial charge in [-0.05, 0) is 28.1 Å². The molecule has 1 aliphatic rings. The fraction of sp³-hybridized carbons (Fsp3) is 0.273. The Labute approximate surface area is 116 Å². The number of nitrogens with one attached hydrogen (secondary N) is 1. The molecule has 0 saturated carbocycles. The molecule has 0 radical (unpaired) electrons. The summed E-state index contributed by atoms with van der Waals surface area (Å²) in [5.74, 6) is -0.535. The largest absolute Gasteiger partial charge is 0.465 e. The summed E-state index contributed by atoms with van der Waals surface area (Å²) in [5.41, 5.74) is 0. The van der Waals surface area contributed by atoms with Crippen LogP contribution in [-0.2, 0) is 9.59 Å². The van der Waals surface area contributed by atoms with Crippen LogP contribution >= 0.6 is 15.9 Å². The zero-order chi connectivity index (χ0) is 14.0. The third kappa shape index (κ3) is 3.08. The quantitative estimate of drug-likeness (QED) is 0.792. The van der Waals surface area contributed by atoms with Crippen molar-refractivity contribution < 1.29 is 19.5 Å². The minimum absolute atomic E-state index is 0.105. The van der Waals surface area contributed by atoms with Crippen molar-refractivity contribution in [3.05, 3.63) is 22.8 Å². The Morgan fingerprint density at radius 2 is 2.21 bits per heavy atom. The molecule has 2 rings (SSSR count). The second-order valence-corrected chi connectivity index (χ2v) is 4.82. The van der Waals surface area contributed by atoms with E-state index in [0.717, 1.165) is 4.90 Å². The van der Waals surface area contributed by atoms with Gasteiger partial charge < -0.3 is 10.4 Å². The van der Waals surface area contributed by atoms with Crippen LogP contribution in [0.2, 0.25) is 0 Å². The lowest BCUT2D eigenvalue weighted by molar-refractivity contribution is -0.121. The number of anilines is 1. The normalized spacial score (nSPS) is 18.5. The summed E-state index contributed by atoms with van der Waals surface area (Å²) >= 11 is 3.16. The summed E-state index contributed by atoms with van der Waals surface area (Å²) in [6.45, 7) is -0.251. The van der Waals surface area contributed by atoms with E-state index in [-0.39, 0.29) is 18.7 Å². The molecule has 1 aromatic rings. The van der Waals surface area contributed by atoms with E-state index in [1.807, 2.05) is 0 Å². The van der Waals surface area contributed by atoms with Gasteiger partial charge in [0.1, 0.15) is 16.5 Å². The Morgan fingerprint density at radius 3 is 2.84 bits per heavy atom. The van der Waals surface area contributed by atoms with Crippen molar-refractivity contribution in [3.8, 4) is 0 Å². The third-order valence-corrected chi connectivity index (χ3v) is 3.10. The van der Waals surface area contributed by atoms with Gasteiger partial charge in [0.2, 0.25) is 5.91 Å². The zero-order valence-electron chi connectivity index (χ0n) is 9.67. The molecule has 1 atom stereocenters. The minimum Gasteiger partial charge on any atom is -0.465 e. The average molecular weight is 328 g/mol. The van der Waals surface area contributed by atoms with E-state index in [1.54, 1.807) is 18.2 Å². The Kier molecular flexibility index (Phi) is 3.79. The van der Waals surface area contributed by atoms with E-state index in [0.29, 0.717) is 10.4 Å². The lowest BCUT2D eigenvalue weighted by Crippen LogP contribution is -2.42. The highest BCUT2D eigenvalue weighted by atomic mass is 79.9. The molecule has 100 valence electrons. The number of hydrogen-bond donors (Lipinski definition) is 2. The van der Waals surface area contributed by atoms with Crippen molar-refractivity contribution >= 4 is 39.5 Å². The van der Waals surface area contributed by atoms with E-state index in [2.05, 4.69) is 26.2 Å². The first kappa shape index (κ1) is 13.5. The van der Waals surface area contributed by atoms with E-state index < -0.39 is 18.0 Å². The number of pyridine rings is 1. The average Bonchev–Trinajstić information content (AvgIpc) is 2.71. The molecule has 0 spiro atoms. The maximum absolute atomic E-state index is 12.0. The van der Waals surface area contributed by atoms with E-state index in [4.69, 9.17) is 5.11 Å². The molecule has 1 saturated heterocycles. The van der Waals surface area contributed by atoms with Crippen LogP contribution < -0.4 is 5.32 Å². The first-order valence-corrected chi connectivity index (χ1v) is 6.21. The number of halogens is 1. The first-order chi connectivity index (χ1) is 8.97. The number of nitrogens with zero attached hydrogens (tertiary/aromatic N) is 2.